The van der Waals surface area contributed by atoms with Gasteiger partial charge in [-0.3, -0.25) is 0 Å². The van der Waals surface area contributed by atoms with Crippen molar-refractivity contribution in [3.05, 3.63) is 40.7 Å². The lowest BCUT2D eigenvalue weighted by atomic mass is 10.1. The summed E-state index contributed by atoms with van der Waals surface area (Å²) in [6.07, 6.45) is 0. The van der Waals surface area contributed by atoms with Crippen molar-refractivity contribution in [3.63, 3.8) is 0 Å². The molecular weight excluding hydrogens is 530 g/mol. The molecule has 1 aliphatic heterocycles. The maximum Gasteiger partial charge on any atom is 0.201 e. The number of benzene rings is 2. The molecule has 0 saturated heterocycles. The predicted molar refractivity (Wildman–Crippen MR) is 140 cm³/mol. The maximum atomic E-state index is 5.34. The van der Waals surface area contributed by atoms with Gasteiger partial charge in [0, 0.05) is 59.3 Å². The van der Waals surface area contributed by atoms with Crippen LogP contribution in [0.1, 0.15) is 11.1 Å². The summed E-state index contributed by atoms with van der Waals surface area (Å²) in [5, 5.41) is 1.17. The number of rotatable bonds is 13. The highest BCUT2D eigenvalue weighted by atomic mass is 79.9. The summed E-state index contributed by atoms with van der Waals surface area (Å²) >= 11 is 1.80. The van der Waals surface area contributed by atoms with Crippen molar-refractivity contribution in [2.24, 2.45) is 0 Å². The Kier molecular flexibility index (Phi) is 12.5. The number of halogens is 1. The summed E-state index contributed by atoms with van der Waals surface area (Å²) in [6, 6.07) is 8.95. The van der Waals surface area contributed by atoms with Crippen molar-refractivity contribution in [1.82, 2.24) is 9.56 Å². The highest BCUT2D eigenvalue weighted by Crippen LogP contribution is 2.35. The number of nitrogens with zero attached hydrogens (tertiary/aromatic N) is 3. The summed E-state index contributed by atoms with van der Waals surface area (Å²) in [5.74, 6) is 0. The quantitative estimate of drug-likeness (QED) is 0.217. The lowest BCUT2D eigenvalue weighted by molar-refractivity contribution is -0.00000853. The van der Waals surface area contributed by atoms with Gasteiger partial charge in [-0.05, 0) is 37.1 Å². The fourth-order valence-corrected chi connectivity index (χ4v) is 5.24. The molecule has 3 rings (SSSR count). The lowest BCUT2D eigenvalue weighted by Gasteiger charge is -2.25. The van der Waals surface area contributed by atoms with Gasteiger partial charge in [-0.25, -0.2) is 9.56 Å². The number of hydrogen-bond acceptors (Lipinski definition) is 7. The topological polar surface area (TPSA) is 56.1 Å². The average Bonchev–Trinajstić information content (AvgIpc) is 2.83. The molecule has 0 N–H and O–H groups in total. The first kappa shape index (κ1) is 29.6. The van der Waals surface area contributed by atoms with Crippen molar-refractivity contribution in [2.45, 2.75) is 13.8 Å². The van der Waals surface area contributed by atoms with Crippen LogP contribution < -0.4 is 31.8 Å². The van der Waals surface area contributed by atoms with Gasteiger partial charge < -0.3 is 40.8 Å². The minimum Gasteiger partial charge on any atom is -1.00 e. The highest BCUT2D eigenvalue weighted by Gasteiger charge is 2.17. The Labute approximate surface area is 223 Å². The number of ether oxygens (including phenoxy) is 4. The number of hydrogen-bond donors (Lipinski definition) is 0. The van der Waals surface area contributed by atoms with Gasteiger partial charge >= 0.3 is 0 Å². The zero-order chi connectivity index (χ0) is 24.5. The lowest BCUT2D eigenvalue weighted by Crippen LogP contribution is -3.00. The van der Waals surface area contributed by atoms with Crippen LogP contribution in [0.25, 0.3) is 20.8 Å². The number of aromatic nitrogens is 1. The van der Waals surface area contributed by atoms with Crippen LogP contribution >= 0.6 is 11.3 Å². The molecule has 0 aromatic heterocycles. The largest absolute Gasteiger partial charge is 1.00 e. The van der Waals surface area contributed by atoms with Crippen molar-refractivity contribution in [3.8, 4) is 10.6 Å². The standard InChI is InChI=1S/C26H38N3O4S.BrH/c1-19-15-21(28(7-11-30-3)8-12-31-4)17-23-25(19)27-26-20(2)16-22(18-24(26)34-23)29(9-13-32-5)10-14-33-6;/h15-18H,7-14H2,1-6H3;1H/q+1;/p-1. The Morgan fingerprint density at radius 3 is 1.97 bits per heavy atom. The molecule has 35 heavy (non-hydrogen) atoms. The van der Waals surface area contributed by atoms with Crippen LogP contribution in [0.3, 0.4) is 0 Å². The first-order chi connectivity index (χ1) is 16.5. The van der Waals surface area contributed by atoms with E-state index in [9.17, 15) is 0 Å². The molecule has 194 valence electrons. The van der Waals surface area contributed by atoms with E-state index in [1.807, 2.05) is 0 Å². The van der Waals surface area contributed by atoms with E-state index in [0.717, 1.165) is 37.4 Å². The molecule has 0 unspecified atom stereocenters. The molecule has 0 fully saturated rings. The van der Waals surface area contributed by atoms with Crippen LogP contribution in [0.15, 0.2) is 24.3 Å². The third-order valence-electron chi connectivity index (χ3n) is 5.94. The second kappa shape index (κ2) is 14.8. The maximum absolute atomic E-state index is 5.34. The fourth-order valence-electron chi connectivity index (χ4n) is 4.04. The van der Waals surface area contributed by atoms with Crippen LogP contribution in [-0.4, -0.2) is 86.0 Å². The molecular formula is C26H38BrN3O4S. The minimum atomic E-state index is 0. The molecule has 0 radical (unpaired) electrons. The molecule has 1 aliphatic carbocycles. The van der Waals surface area contributed by atoms with Crippen molar-refractivity contribution < 1.29 is 35.9 Å². The Morgan fingerprint density at radius 1 is 0.800 bits per heavy atom. The molecule has 7 nitrogen and oxygen atoms in total. The van der Waals surface area contributed by atoms with Gasteiger partial charge in [-0.15, -0.1) is 11.3 Å². The van der Waals surface area contributed by atoms with Gasteiger partial charge in [0.15, 0.2) is 13.1 Å². The van der Waals surface area contributed by atoms with Crippen molar-refractivity contribution in [1.29, 1.82) is 0 Å². The Balaban J connectivity index is 0.00000432. The van der Waals surface area contributed by atoms with Crippen LogP contribution in [0.5, 0.6) is 0 Å². The molecule has 0 spiro atoms. The van der Waals surface area contributed by atoms with Gasteiger partial charge in [0.05, 0.1) is 34.0 Å². The molecule has 0 amide bonds. The predicted octanol–water partition coefficient (Wildman–Crippen LogP) is 0.186. The van der Waals surface area contributed by atoms with Crippen molar-refractivity contribution >= 4 is 27.2 Å². The van der Waals surface area contributed by atoms with E-state index in [-0.39, 0.29) is 17.0 Å². The Morgan fingerprint density at radius 2 is 1.40 bits per heavy atom. The molecule has 1 heterocycles. The molecule has 2 aliphatic rings. The minimum absolute atomic E-state index is 0. The second-order valence-corrected chi connectivity index (χ2v) is 9.46. The first-order valence-corrected chi connectivity index (χ1v) is 12.5. The average molecular weight is 569 g/mol. The first-order valence-electron chi connectivity index (χ1n) is 11.7. The smallest absolute Gasteiger partial charge is 0.201 e. The van der Waals surface area contributed by atoms with Crippen molar-refractivity contribution in [2.75, 3.05) is 85.9 Å². The highest BCUT2D eigenvalue weighted by molar-refractivity contribution is 7.21. The van der Waals surface area contributed by atoms with Crippen LogP contribution in [0.2, 0.25) is 0 Å². The zero-order valence-corrected chi connectivity index (χ0v) is 24.1. The summed E-state index contributed by atoms with van der Waals surface area (Å²) in [7, 11) is 6.95. The van der Waals surface area contributed by atoms with Gasteiger partial charge in [0.2, 0.25) is 5.36 Å². The monoisotopic (exact) mass is 567 g/mol. The van der Waals surface area contributed by atoms with Crippen LogP contribution in [-0.2, 0) is 18.9 Å². The number of aryl methyl sites for hydroxylation is 2. The van der Waals surface area contributed by atoms with Crippen LogP contribution in [0, 0.1) is 13.8 Å². The zero-order valence-electron chi connectivity index (χ0n) is 21.7. The molecule has 9 heteroatoms. The number of fused-ring (bicyclic) bond motifs is 2. The summed E-state index contributed by atoms with van der Waals surface area (Å²) in [4.78, 5) is 8.60. The van der Waals surface area contributed by atoms with Gasteiger partial charge in [0.25, 0.3) is 0 Å². The molecule has 0 atom stereocenters. The number of anilines is 1. The SMILES string of the molecule is COCCN(CCOC)c1cc(C)c2nc3c(C)cc(=[N+](CCOC)CCOC)cc-3sc2c1.[Br-]. The van der Waals surface area contributed by atoms with Gasteiger partial charge in [-0.2, -0.15) is 0 Å². The van der Waals surface area contributed by atoms with E-state index in [1.165, 1.54) is 31.7 Å². The molecule has 1 aromatic rings. The van der Waals surface area contributed by atoms with E-state index >= 15 is 0 Å². The number of methoxy groups -OCH3 is 4. The Hall–Kier alpha value is -1.62. The summed E-state index contributed by atoms with van der Waals surface area (Å²) < 4.78 is 24.9. The van der Waals surface area contributed by atoms with Gasteiger partial charge in [-0.1, -0.05) is 0 Å². The third kappa shape index (κ3) is 7.68. The molecule has 0 bridgehead atoms. The fraction of sp³-hybridized carbons (Fsp3) is 0.538. The van der Waals surface area contributed by atoms with E-state index < -0.39 is 0 Å². The van der Waals surface area contributed by atoms with E-state index in [0.29, 0.717) is 26.4 Å². The second-order valence-electron chi connectivity index (χ2n) is 8.38. The van der Waals surface area contributed by atoms with E-state index in [2.05, 4.69) is 47.6 Å². The normalized spacial score (nSPS) is 11.1. The summed E-state index contributed by atoms with van der Waals surface area (Å²) in [6.45, 7) is 10.2. The molecule has 0 saturated carbocycles. The summed E-state index contributed by atoms with van der Waals surface area (Å²) in [5.41, 5.74) is 5.65. The molecule has 1 aromatic carbocycles. The van der Waals surface area contributed by atoms with E-state index in [4.69, 9.17) is 23.9 Å². The third-order valence-corrected chi connectivity index (χ3v) is 7.00. The Bertz CT molecular complexity index is 1100. The van der Waals surface area contributed by atoms with E-state index in [1.54, 1.807) is 39.8 Å². The van der Waals surface area contributed by atoms with Gasteiger partial charge in [0.1, 0.15) is 13.2 Å². The van der Waals surface area contributed by atoms with Crippen LogP contribution in [0.4, 0.5) is 5.69 Å².